The number of aromatic nitrogens is 2. The van der Waals surface area contributed by atoms with Gasteiger partial charge in [-0.1, -0.05) is 25.4 Å². The van der Waals surface area contributed by atoms with Crippen molar-refractivity contribution in [1.29, 1.82) is 0 Å². The number of imidazole rings is 1. The second kappa shape index (κ2) is 4.44. The summed E-state index contributed by atoms with van der Waals surface area (Å²) in [5, 5.41) is 0.696. The Morgan fingerprint density at radius 2 is 2.25 bits per heavy atom. The van der Waals surface area contributed by atoms with Gasteiger partial charge < -0.3 is 10.1 Å². The summed E-state index contributed by atoms with van der Waals surface area (Å²) in [4.78, 5) is 4.48. The van der Waals surface area contributed by atoms with Crippen LogP contribution in [0.15, 0.2) is 24.5 Å². The van der Waals surface area contributed by atoms with E-state index in [4.69, 9.17) is 17.3 Å². The monoisotopic (exact) mass is 237 g/mol. The Hall–Kier alpha value is -1.06. The minimum Gasteiger partial charge on any atom is -0.323 e. The van der Waals surface area contributed by atoms with Gasteiger partial charge in [0.1, 0.15) is 5.65 Å². The fourth-order valence-electron chi connectivity index (χ4n) is 1.78. The predicted octanol–water partition coefficient (Wildman–Crippen LogP) is 3.03. The number of pyridine rings is 1. The van der Waals surface area contributed by atoms with Crippen molar-refractivity contribution in [2.45, 2.75) is 26.3 Å². The van der Waals surface area contributed by atoms with Crippen LogP contribution in [0.1, 0.15) is 32.0 Å². The van der Waals surface area contributed by atoms with Crippen molar-refractivity contribution in [3.8, 4) is 0 Å². The molecule has 0 fully saturated rings. The van der Waals surface area contributed by atoms with Gasteiger partial charge in [-0.25, -0.2) is 4.98 Å². The third-order valence-corrected chi connectivity index (χ3v) is 2.78. The summed E-state index contributed by atoms with van der Waals surface area (Å²) in [6, 6.07) is 3.68. The first-order valence-electron chi connectivity index (χ1n) is 5.46. The van der Waals surface area contributed by atoms with Crippen LogP contribution in [0.4, 0.5) is 0 Å². The molecule has 2 heterocycles. The maximum atomic E-state index is 6.09. The first kappa shape index (κ1) is 11.4. The van der Waals surface area contributed by atoms with Gasteiger partial charge in [-0.2, -0.15) is 0 Å². The van der Waals surface area contributed by atoms with Gasteiger partial charge in [0.05, 0.1) is 5.69 Å². The standard InChI is InChI=1S/C12H16ClN3/c1-8(2)5-10(14)11-7-16-4-3-9(13)6-12(16)15-11/h3-4,6-8,10H,5,14H2,1-2H3/t10-/m0/s1. The number of hydrogen-bond donors (Lipinski definition) is 1. The Kier molecular flexibility index (Phi) is 3.17. The van der Waals surface area contributed by atoms with Crippen molar-refractivity contribution < 1.29 is 0 Å². The lowest BCUT2D eigenvalue weighted by atomic mass is 10.0. The summed E-state index contributed by atoms with van der Waals surface area (Å²) in [6.45, 7) is 4.32. The second-order valence-electron chi connectivity index (χ2n) is 4.51. The van der Waals surface area contributed by atoms with Crippen molar-refractivity contribution in [2.24, 2.45) is 11.7 Å². The molecule has 0 aliphatic heterocycles. The molecule has 0 saturated heterocycles. The largest absolute Gasteiger partial charge is 0.323 e. The smallest absolute Gasteiger partial charge is 0.138 e. The molecule has 0 saturated carbocycles. The summed E-state index contributed by atoms with van der Waals surface area (Å²) in [7, 11) is 0. The van der Waals surface area contributed by atoms with Gasteiger partial charge in [0.25, 0.3) is 0 Å². The van der Waals surface area contributed by atoms with Crippen LogP contribution in [-0.2, 0) is 0 Å². The molecule has 0 spiro atoms. The molecular formula is C12H16ClN3. The van der Waals surface area contributed by atoms with Crippen LogP contribution in [0.3, 0.4) is 0 Å². The second-order valence-corrected chi connectivity index (χ2v) is 4.95. The van der Waals surface area contributed by atoms with Gasteiger partial charge >= 0.3 is 0 Å². The van der Waals surface area contributed by atoms with Crippen LogP contribution in [0, 0.1) is 5.92 Å². The van der Waals surface area contributed by atoms with Gasteiger partial charge in [-0.05, 0) is 24.5 Å². The summed E-state index contributed by atoms with van der Waals surface area (Å²) < 4.78 is 1.95. The van der Waals surface area contributed by atoms with Gasteiger partial charge in [-0.3, -0.25) is 0 Å². The fourth-order valence-corrected chi connectivity index (χ4v) is 1.94. The highest BCUT2D eigenvalue weighted by molar-refractivity contribution is 6.30. The number of nitrogens with two attached hydrogens (primary N) is 1. The van der Waals surface area contributed by atoms with Crippen LogP contribution in [0.2, 0.25) is 5.02 Å². The Labute approximate surface area is 100 Å². The number of halogens is 1. The van der Waals surface area contributed by atoms with E-state index in [1.54, 1.807) is 0 Å². The highest BCUT2D eigenvalue weighted by Gasteiger charge is 2.12. The maximum absolute atomic E-state index is 6.09. The topological polar surface area (TPSA) is 43.3 Å². The zero-order chi connectivity index (χ0) is 11.7. The summed E-state index contributed by atoms with van der Waals surface area (Å²) in [6.07, 6.45) is 4.81. The molecule has 2 aromatic heterocycles. The molecule has 86 valence electrons. The quantitative estimate of drug-likeness (QED) is 0.892. The van der Waals surface area contributed by atoms with E-state index in [1.807, 2.05) is 28.9 Å². The lowest BCUT2D eigenvalue weighted by Gasteiger charge is -2.10. The fraction of sp³-hybridized carbons (Fsp3) is 0.417. The van der Waals surface area contributed by atoms with Crippen molar-refractivity contribution in [1.82, 2.24) is 9.38 Å². The average Bonchev–Trinajstić information content (AvgIpc) is 2.59. The molecule has 2 N–H and O–H groups in total. The molecule has 0 aliphatic carbocycles. The molecule has 1 atom stereocenters. The van der Waals surface area contributed by atoms with E-state index >= 15 is 0 Å². The first-order chi connectivity index (χ1) is 7.56. The van der Waals surface area contributed by atoms with E-state index in [0.29, 0.717) is 10.9 Å². The van der Waals surface area contributed by atoms with Crippen molar-refractivity contribution in [2.75, 3.05) is 0 Å². The zero-order valence-electron chi connectivity index (χ0n) is 9.52. The SMILES string of the molecule is CC(C)C[C@H](N)c1cn2ccc(Cl)cc2n1. The number of hydrogen-bond acceptors (Lipinski definition) is 2. The lowest BCUT2D eigenvalue weighted by Crippen LogP contribution is -2.13. The molecular weight excluding hydrogens is 222 g/mol. The molecule has 0 aliphatic rings. The highest BCUT2D eigenvalue weighted by atomic mass is 35.5. The van der Waals surface area contributed by atoms with Crippen LogP contribution in [-0.4, -0.2) is 9.38 Å². The zero-order valence-corrected chi connectivity index (χ0v) is 10.3. The molecule has 0 amide bonds. The Morgan fingerprint density at radius 1 is 1.50 bits per heavy atom. The van der Waals surface area contributed by atoms with Crippen LogP contribution in [0.25, 0.3) is 5.65 Å². The number of fused-ring (bicyclic) bond motifs is 1. The molecule has 2 aromatic rings. The van der Waals surface area contributed by atoms with E-state index in [9.17, 15) is 0 Å². The van der Waals surface area contributed by atoms with Gasteiger partial charge in [0, 0.05) is 23.5 Å². The average molecular weight is 238 g/mol. The molecule has 3 nitrogen and oxygen atoms in total. The summed E-state index contributed by atoms with van der Waals surface area (Å²) >= 11 is 5.91. The van der Waals surface area contributed by atoms with Crippen molar-refractivity contribution >= 4 is 17.2 Å². The molecule has 0 unspecified atom stereocenters. The molecule has 4 heteroatoms. The van der Waals surface area contributed by atoms with E-state index in [-0.39, 0.29) is 6.04 Å². The minimum absolute atomic E-state index is 0.00123. The van der Waals surface area contributed by atoms with E-state index in [0.717, 1.165) is 17.8 Å². The first-order valence-corrected chi connectivity index (χ1v) is 5.84. The van der Waals surface area contributed by atoms with Crippen molar-refractivity contribution in [3.63, 3.8) is 0 Å². The Balaban J connectivity index is 2.32. The van der Waals surface area contributed by atoms with E-state index in [2.05, 4.69) is 18.8 Å². The van der Waals surface area contributed by atoms with Crippen molar-refractivity contribution in [3.05, 3.63) is 35.2 Å². The highest BCUT2D eigenvalue weighted by Crippen LogP contribution is 2.19. The van der Waals surface area contributed by atoms with Crippen LogP contribution >= 0.6 is 11.6 Å². The third kappa shape index (κ3) is 2.36. The third-order valence-electron chi connectivity index (χ3n) is 2.55. The van der Waals surface area contributed by atoms with Gasteiger partial charge in [-0.15, -0.1) is 0 Å². The normalized spacial score (nSPS) is 13.6. The summed E-state index contributed by atoms with van der Waals surface area (Å²) in [5.41, 5.74) is 7.86. The Bertz CT molecular complexity index is 490. The Morgan fingerprint density at radius 3 is 2.94 bits per heavy atom. The van der Waals surface area contributed by atoms with Crippen LogP contribution < -0.4 is 5.73 Å². The maximum Gasteiger partial charge on any atom is 0.138 e. The number of rotatable bonds is 3. The van der Waals surface area contributed by atoms with Gasteiger partial charge in [0.2, 0.25) is 0 Å². The van der Waals surface area contributed by atoms with Crippen LogP contribution in [0.5, 0.6) is 0 Å². The van der Waals surface area contributed by atoms with E-state index < -0.39 is 0 Å². The molecule has 0 bridgehead atoms. The predicted molar refractivity (Wildman–Crippen MR) is 66.6 cm³/mol. The minimum atomic E-state index is -0.00123. The molecule has 0 radical (unpaired) electrons. The van der Waals surface area contributed by atoms with Gasteiger partial charge in [0.15, 0.2) is 0 Å². The molecule has 16 heavy (non-hydrogen) atoms. The van der Waals surface area contributed by atoms with E-state index in [1.165, 1.54) is 0 Å². The lowest BCUT2D eigenvalue weighted by molar-refractivity contribution is 0.504. The summed E-state index contributed by atoms with van der Waals surface area (Å²) in [5.74, 6) is 0.573. The number of nitrogens with zero attached hydrogens (tertiary/aromatic N) is 2. The molecule has 0 aromatic carbocycles. The molecule has 2 rings (SSSR count).